The van der Waals surface area contributed by atoms with E-state index in [9.17, 15) is 0 Å². The first kappa shape index (κ1) is 49.2. The van der Waals surface area contributed by atoms with Crippen molar-refractivity contribution in [3.8, 4) is 0 Å². The molecule has 4 heterocycles. The molecule has 4 fully saturated rings. The molecule has 2 aromatic heterocycles. The first-order valence-electron chi connectivity index (χ1n) is 22.1. The number of fused-ring (bicyclic) bond motifs is 8. The van der Waals surface area contributed by atoms with Gasteiger partial charge in [-0.3, -0.25) is 9.97 Å². The zero-order chi connectivity index (χ0) is 40.6. The molecule has 2 aromatic rings. The molecule has 0 amide bonds. The van der Waals surface area contributed by atoms with Crippen molar-refractivity contribution in [1.82, 2.24) is 52.5 Å². The summed E-state index contributed by atoms with van der Waals surface area (Å²) in [4.78, 5) is 9.79. The number of hydrogen-bond donors (Lipinski definition) is 8. The van der Waals surface area contributed by atoms with Crippen molar-refractivity contribution >= 4 is 40.4 Å². The smallest absolute Gasteiger partial charge is 0.0545 e. The van der Waals surface area contributed by atoms with Gasteiger partial charge in [0.2, 0.25) is 0 Å². The standard InChI is InChI=1S/2C21H35N5.4ClH.2Mn/c2*1-3-10-20-18(8-1)22-12-13-23-19-9-2-4-11-21(19)25-15-17-7-5-6-16(26-17)14-24-20;;;;;;/h2*5-7,18-25H,1-4,8-15H2;4*1H;;/q;;;;;;2*+2/p-4/t2*18-,19-,20-,21-;;;;;;/m00....../s1. The van der Waals surface area contributed by atoms with Gasteiger partial charge in [-0.1, -0.05) is 63.5 Å². The Balaban J connectivity index is 0.000000195. The summed E-state index contributed by atoms with van der Waals surface area (Å²) in [5, 5.41) is 30.4. The van der Waals surface area contributed by atoms with Gasteiger partial charge in [0.1, 0.15) is 0 Å². The molecule has 0 unspecified atom stereocenters. The summed E-state index contributed by atoms with van der Waals surface area (Å²) in [6.45, 7) is 7.77. The van der Waals surface area contributed by atoms with Crippen LogP contribution in [0, 0.1) is 0 Å². The first-order chi connectivity index (χ1) is 28.6. The molecule has 10 nitrogen and oxygen atoms in total. The number of hydrogen-bond acceptors (Lipinski definition) is 10. The van der Waals surface area contributed by atoms with E-state index < -0.39 is 0 Å². The molecule has 0 aromatic carbocycles. The topological polar surface area (TPSA) is 122 Å². The van der Waals surface area contributed by atoms with Gasteiger partial charge in [0.05, 0.1) is 22.8 Å². The number of nitrogens with one attached hydrogen (secondary N) is 8. The van der Waals surface area contributed by atoms with Crippen LogP contribution in [0.1, 0.15) is 126 Å². The van der Waals surface area contributed by atoms with Gasteiger partial charge in [-0.15, -0.1) is 0 Å². The van der Waals surface area contributed by atoms with E-state index in [1.165, 1.54) is 126 Å². The fraction of sp³-hybridized carbons (Fsp3) is 0.762. The average molecular weight is 967 g/mol. The van der Waals surface area contributed by atoms with Crippen molar-refractivity contribution in [3.05, 3.63) is 59.2 Å². The second-order valence-corrected chi connectivity index (χ2v) is 20.6. The van der Waals surface area contributed by atoms with E-state index in [1.807, 2.05) is 0 Å². The Morgan fingerprint density at radius 1 is 0.345 bits per heavy atom. The minimum Gasteiger partial charge on any atom is -0.311 e. The minimum absolute atomic E-state index is 0.00694. The molecular weight excluding hydrogens is 896 g/mol. The number of aromatic nitrogens is 2. The van der Waals surface area contributed by atoms with Crippen LogP contribution < -0.4 is 42.5 Å². The Hall–Kier alpha value is 0.179. The van der Waals surface area contributed by atoms with Gasteiger partial charge in [-0.05, 0) is 75.6 Å². The Bertz CT molecular complexity index is 1200. The van der Waals surface area contributed by atoms with Crippen LogP contribution in [0.5, 0.6) is 0 Å². The van der Waals surface area contributed by atoms with Crippen molar-refractivity contribution in [2.45, 2.75) is 177 Å². The maximum Gasteiger partial charge on any atom is 0.0545 e. The Morgan fingerprint density at radius 2 is 0.534 bits per heavy atom. The van der Waals surface area contributed by atoms with E-state index in [0.717, 1.165) is 52.4 Å². The van der Waals surface area contributed by atoms with Gasteiger partial charge in [-0.25, -0.2) is 0 Å². The molecule has 16 heteroatoms. The van der Waals surface area contributed by atoms with Crippen molar-refractivity contribution in [2.75, 3.05) is 26.2 Å². The maximum absolute atomic E-state index is 4.89. The normalized spacial score (nSPS) is 31.1. The predicted molar refractivity (Wildman–Crippen MR) is 235 cm³/mol. The van der Waals surface area contributed by atoms with Crippen LogP contribution >= 0.6 is 40.4 Å². The van der Waals surface area contributed by atoms with Crippen molar-refractivity contribution in [3.63, 3.8) is 0 Å². The number of halogens is 4. The van der Waals surface area contributed by atoms with Crippen LogP contribution in [0.3, 0.4) is 0 Å². The van der Waals surface area contributed by atoms with Gasteiger partial charge in [0, 0.05) is 101 Å². The van der Waals surface area contributed by atoms with Gasteiger partial charge >= 0.3 is 66.7 Å². The third kappa shape index (κ3) is 17.7. The second kappa shape index (κ2) is 29.5. The Labute approximate surface area is 379 Å². The third-order valence-corrected chi connectivity index (χ3v) is 12.9. The SMILES string of the molecule is [Cl][Mn][Cl].[Cl][Mn][Cl].c1cc2nc(c1)CN[C@H]1CCCC[C@@H]1NCCN[C@H]1CCCC[C@@H]1NC2.c1cc2nc(c1)CN[C@H]1CCCC[C@@H]1NCCN[C@H]1CCCC[C@@H]1NC2. The fourth-order valence-corrected chi connectivity index (χ4v) is 9.90. The molecule has 58 heavy (non-hydrogen) atoms. The van der Waals surface area contributed by atoms with Gasteiger partial charge in [0.25, 0.3) is 0 Å². The molecule has 0 spiro atoms. The van der Waals surface area contributed by atoms with Crippen LogP contribution in [-0.2, 0) is 52.4 Å². The summed E-state index contributed by atoms with van der Waals surface area (Å²) < 4.78 is 0. The summed E-state index contributed by atoms with van der Waals surface area (Å²) in [6, 6.07) is 17.6. The molecule has 6 aliphatic rings. The molecule has 0 radical (unpaired) electrons. The van der Waals surface area contributed by atoms with Gasteiger partial charge in [0.15, 0.2) is 0 Å². The van der Waals surface area contributed by atoms with Crippen LogP contribution in [0.25, 0.3) is 0 Å². The largest absolute Gasteiger partial charge is 0.311 e. The first-order valence-corrected chi connectivity index (χ1v) is 28.6. The minimum atomic E-state index is 0.00694. The maximum atomic E-state index is 4.89. The van der Waals surface area contributed by atoms with Crippen LogP contribution in [0.2, 0.25) is 0 Å². The van der Waals surface area contributed by atoms with E-state index >= 15 is 0 Å². The average Bonchev–Trinajstić information content (AvgIpc) is 3.26. The number of pyridine rings is 2. The van der Waals surface area contributed by atoms with Crippen LogP contribution in [0.15, 0.2) is 36.4 Å². The Kier molecular flexibility index (Phi) is 25.0. The van der Waals surface area contributed by atoms with Crippen molar-refractivity contribution in [2.24, 2.45) is 0 Å². The molecule has 0 saturated heterocycles. The molecular formula is C42H70Cl4Mn2N10. The summed E-state index contributed by atoms with van der Waals surface area (Å²) in [7, 11) is 19.2. The zero-order valence-electron chi connectivity index (χ0n) is 34.2. The van der Waals surface area contributed by atoms with E-state index in [0.29, 0.717) is 48.3 Å². The van der Waals surface area contributed by atoms with Crippen LogP contribution in [0.4, 0.5) is 0 Å². The summed E-state index contributed by atoms with van der Waals surface area (Å²) in [5.41, 5.74) is 4.67. The second-order valence-electron chi connectivity index (χ2n) is 16.7. The van der Waals surface area contributed by atoms with Crippen molar-refractivity contribution < 1.29 is 26.3 Å². The quantitative estimate of drug-likeness (QED) is 0.133. The number of rotatable bonds is 0. The van der Waals surface area contributed by atoms with E-state index in [-0.39, 0.29) is 26.3 Å². The van der Waals surface area contributed by atoms with E-state index in [2.05, 4.69) is 78.9 Å². The van der Waals surface area contributed by atoms with Gasteiger partial charge in [-0.2, -0.15) is 0 Å². The summed E-state index contributed by atoms with van der Waals surface area (Å²) >= 11 is 0.0139. The monoisotopic (exact) mass is 964 g/mol. The van der Waals surface area contributed by atoms with E-state index in [1.54, 1.807) is 0 Å². The predicted octanol–water partition coefficient (Wildman–Crippen LogP) is 6.91. The number of nitrogens with zero attached hydrogens (tertiary/aromatic N) is 2. The third-order valence-electron chi connectivity index (χ3n) is 12.9. The van der Waals surface area contributed by atoms with E-state index in [4.69, 9.17) is 50.4 Å². The zero-order valence-corrected chi connectivity index (χ0v) is 39.6. The summed E-state index contributed by atoms with van der Waals surface area (Å²) in [6.07, 6.45) is 21.0. The van der Waals surface area contributed by atoms with Crippen molar-refractivity contribution in [1.29, 1.82) is 0 Å². The molecule has 8 N–H and O–H groups in total. The molecule has 2 aliphatic heterocycles. The van der Waals surface area contributed by atoms with Crippen LogP contribution in [-0.4, -0.2) is 84.5 Å². The molecule has 4 bridgehead atoms. The molecule has 4 aliphatic carbocycles. The molecule has 8 rings (SSSR count). The molecule has 8 atom stereocenters. The molecule has 330 valence electrons. The van der Waals surface area contributed by atoms with Gasteiger partial charge < -0.3 is 42.5 Å². The Morgan fingerprint density at radius 3 is 0.741 bits per heavy atom. The molecule has 4 saturated carbocycles. The fourth-order valence-electron chi connectivity index (χ4n) is 9.90. The summed E-state index contributed by atoms with van der Waals surface area (Å²) in [5.74, 6) is 0.